The maximum Gasteiger partial charge on any atom is 0.165 e. The Morgan fingerprint density at radius 1 is 1.38 bits per heavy atom. The van der Waals surface area contributed by atoms with Crippen LogP contribution in [0.2, 0.25) is 5.31 Å². The van der Waals surface area contributed by atoms with Gasteiger partial charge in [-0.2, -0.15) is 0 Å². The molecule has 4 N–H and O–H groups in total. The molecule has 0 aromatic heterocycles. The van der Waals surface area contributed by atoms with Crippen LogP contribution in [0.1, 0.15) is 27.7 Å². The van der Waals surface area contributed by atoms with E-state index in [2.05, 4.69) is 0 Å². The predicted molar refractivity (Wildman–Crippen MR) is 57.1 cm³/mol. The summed E-state index contributed by atoms with van der Waals surface area (Å²) >= 11 is 0. The van der Waals surface area contributed by atoms with Crippen molar-refractivity contribution in [2.24, 2.45) is 5.73 Å². The zero-order valence-corrected chi connectivity index (χ0v) is 8.76. The van der Waals surface area contributed by atoms with Gasteiger partial charge in [-0.15, -0.1) is 0 Å². The van der Waals surface area contributed by atoms with Crippen LogP contribution in [0.5, 0.6) is 0 Å². The van der Waals surface area contributed by atoms with Crippen molar-refractivity contribution in [3.05, 3.63) is 11.7 Å². The third kappa shape index (κ3) is 3.23. The first kappa shape index (κ1) is 12.2. The van der Waals surface area contributed by atoms with Crippen LogP contribution < -0.4 is 5.73 Å². The fourth-order valence-electron chi connectivity index (χ4n) is 0.731. The summed E-state index contributed by atoms with van der Waals surface area (Å²) in [6.07, 6.45) is 2.54. The van der Waals surface area contributed by atoms with Crippen LogP contribution in [0.25, 0.3) is 0 Å². The molecule has 0 amide bonds. The van der Waals surface area contributed by atoms with Crippen molar-refractivity contribution in [2.45, 2.75) is 38.6 Å². The number of hydrogen-bond donors (Lipinski definition) is 3. The molecule has 0 rings (SSSR count). The second-order valence-electron chi connectivity index (χ2n) is 4.24. The molecule has 4 heteroatoms. The monoisotopic (exact) mass is 181 g/mol. The molecule has 0 saturated carbocycles. The van der Waals surface area contributed by atoms with Gasteiger partial charge < -0.3 is 16.2 Å². The van der Waals surface area contributed by atoms with Gasteiger partial charge in [-0.05, 0) is 25.4 Å². The Morgan fingerprint density at radius 3 is 2.08 bits per heavy atom. The second kappa shape index (κ2) is 3.96. The number of allylic oxidation sites excluding steroid dienone is 1. The Kier molecular flexibility index (Phi) is 3.73. The van der Waals surface area contributed by atoms with Gasteiger partial charge in [0.15, 0.2) is 7.28 Å². The molecule has 0 bridgehead atoms. The first-order valence-electron chi connectivity index (χ1n) is 4.25. The smallest absolute Gasteiger partial charge is 0.165 e. The van der Waals surface area contributed by atoms with Gasteiger partial charge in [0, 0.05) is 6.21 Å². The fraction of sp³-hybridized carbons (Fsp3) is 0.667. The second-order valence-corrected chi connectivity index (χ2v) is 4.24. The quantitative estimate of drug-likeness (QED) is 0.449. The van der Waals surface area contributed by atoms with E-state index >= 15 is 0 Å². The lowest BCUT2D eigenvalue weighted by Crippen LogP contribution is -2.38. The number of nitrogens with one attached hydrogen (secondary N) is 1. The Hall–Kier alpha value is -0.765. The number of rotatable bonds is 4. The predicted octanol–water partition coefficient (Wildman–Crippen LogP) is 1.11. The molecule has 1 radical (unpaired) electrons. The van der Waals surface area contributed by atoms with Crippen molar-refractivity contribution in [3.63, 3.8) is 0 Å². The molecule has 3 nitrogen and oxygen atoms in total. The molecule has 73 valence electrons. The molecule has 0 spiro atoms. The van der Waals surface area contributed by atoms with E-state index in [9.17, 15) is 5.11 Å². The first-order valence-corrected chi connectivity index (χ1v) is 4.25. The van der Waals surface area contributed by atoms with Crippen LogP contribution in [0, 0.1) is 5.41 Å². The Labute approximate surface area is 80.8 Å². The normalized spacial score (nSPS) is 14.1. The third-order valence-corrected chi connectivity index (χ3v) is 2.46. The molecule has 0 aromatic rings. The van der Waals surface area contributed by atoms with Gasteiger partial charge in [0.05, 0.1) is 5.60 Å². The lowest BCUT2D eigenvalue weighted by atomic mass is 9.45. The SMILES string of the molecule is CC(C)(O)C(C)(C)[B]/C(C=N)=C/N. The highest BCUT2D eigenvalue weighted by atomic mass is 16.3. The van der Waals surface area contributed by atoms with E-state index < -0.39 is 10.9 Å². The van der Waals surface area contributed by atoms with Crippen molar-refractivity contribution in [1.82, 2.24) is 0 Å². The molecular weight excluding hydrogens is 163 g/mol. The van der Waals surface area contributed by atoms with Crippen molar-refractivity contribution < 1.29 is 5.11 Å². The fourth-order valence-corrected chi connectivity index (χ4v) is 0.731. The van der Waals surface area contributed by atoms with Gasteiger partial charge in [-0.25, -0.2) is 0 Å². The summed E-state index contributed by atoms with van der Waals surface area (Å²) in [5.74, 6) is 0. The molecule has 13 heavy (non-hydrogen) atoms. The average Bonchev–Trinajstić information content (AvgIpc) is 1.98. The molecule has 0 unspecified atom stereocenters. The topological polar surface area (TPSA) is 70.1 Å². The summed E-state index contributed by atoms with van der Waals surface area (Å²) in [5, 5.41) is 16.5. The number of nitrogens with two attached hydrogens (primary N) is 1. The Bertz CT molecular complexity index is 216. The van der Waals surface area contributed by atoms with E-state index in [1.165, 1.54) is 12.4 Å². The van der Waals surface area contributed by atoms with Crippen molar-refractivity contribution in [1.29, 1.82) is 5.41 Å². The molecule has 0 aliphatic rings. The molecule has 0 saturated heterocycles. The van der Waals surface area contributed by atoms with Gasteiger partial charge in [-0.3, -0.25) is 0 Å². The van der Waals surface area contributed by atoms with Crippen molar-refractivity contribution >= 4 is 13.5 Å². The largest absolute Gasteiger partial charge is 0.405 e. The van der Waals surface area contributed by atoms with Crippen molar-refractivity contribution in [2.75, 3.05) is 0 Å². The average molecular weight is 181 g/mol. The molecule has 0 fully saturated rings. The van der Waals surface area contributed by atoms with E-state index in [0.29, 0.717) is 5.47 Å². The number of aliphatic hydroxyl groups is 1. The summed E-state index contributed by atoms with van der Waals surface area (Å²) in [5.41, 5.74) is 5.10. The summed E-state index contributed by atoms with van der Waals surface area (Å²) in [7, 11) is 1.79. The van der Waals surface area contributed by atoms with Crippen LogP contribution in [0.15, 0.2) is 11.7 Å². The molecular formula is C9H18BN2O. The first-order chi connectivity index (χ1) is 5.74. The summed E-state index contributed by atoms with van der Waals surface area (Å²) in [6, 6.07) is 0. The summed E-state index contributed by atoms with van der Waals surface area (Å²) < 4.78 is 0. The van der Waals surface area contributed by atoms with Crippen LogP contribution in [-0.2, 0) is 0 Å². The minimum Gasteiger partial charge on any atom is -0.405 e. The Morgan fingerprint density at radius 2 is 1.85 bits per heavy atom. The van der Waals surface area contributed by atoms with Gasteiger partial charge in [-0.1, -0.05) is 19.3 Å². The minimum absolute atomic E-state index is 0.407. The van der Waals surface area contributed by atoms with E-state index in [4.69, 9.17) is 11.1 Å². The van der Waals surface area contributed by atoms with Crippen LogP contribution in [-0.4, -0.2) is 24.2 Å². The maximum atomic E-state index is 9.81. The highest BCUT2D eigenvalue weighted by Gasteiger charge is 2.35. The van der Waals surface area contributed by atoms with Crippen LogP contribution in [0.4, 0.5) is 0 Å². The zero-order valence-electron chi connectivity index (χ0n) is 8.76. The highest BCUT2D eigenvalue weighted by molar-refractivity contribution is 6.55. The van der Waals surface area contributed by atoms with Gasteiger partial charge >= 0.3 is 0 Å². The third-order valence-electron chi connectivity index (χ3n) is 2.46. The standard InChI is InChI=1S/C9H18BN2O/c1-8(2,9(3,4)13)10-7(5-11)6-12/h5-6,11,13H,12H2,1-4H3/b7-6+,11-5?. The molecule has 0 atom stereocenters. The molecule has 0 aromatic carbocycles. The Balaban J connectivity index is 4.60. The van der Waals surface area contributed by atoms with Crippen LogP contribution in [0.3, 0.4) is 0 Å². The minimum atomic E-state index is -0.829. The molecule has 0 heterocycles. The lowest BCUT2D eigenvalue weighted by molar-refractivity contribution is 0.0409. The van der Waals surface area contributed by atoms with Crippen LogP contribution >= 0.6 is 0 Å². The van der Waals surface area contributed by atoms with Gasteiger partial charge in [0.2, 0.25) is 0 Å². The van der Waals surface area contributed by atoms with Gasteiger partial charge in [0.25, 0.3) is 0 Å². The summed E-state index contributed by atoms with van der Waals surface area (Å²) in [6.45, 7) is 7.28. The van der Waals surface area contributed by atoms with Gasteiger partial charge in [0.1, 0.15) is 0 Å². The number of hydrogen-bond acceptors (Lipinski definition) is 3. The lowest BCUT2D eigenvalue weighted by Gasteiger charge is -2.37. The van der Waals surface area contributed by atoms with E-state index in [-0.39, 0.29) is 0 Å². The van der Waals surface area contributed by atoms with E-state index in [1.807, 2.05) is 13.8 Å². The molecule has 0 aliphatic heterocycles. The zero-order chi connectivity index (χ0) is 10.7. The van der Waals surface area contributed by atoms with E-state index in [0.717, 1.165) is 0 Å². The maximum absolute atomic E-state index is 9.81. The summed E-state index contributed by atoms with van der Waals surface area (Å²) in [4.78, 5) is 0. The highest BCUT2D eigenvalue weighted by Crippen LogP contribution is 2.37. The van der Waals surface area contributed by atoms with E-state index in [1.54, 1.807) is 21.1 Å². The van der Waals surface area contributed by atoms with Crippen molar-refractivity contribution in [3.8, 4) is 0 Å². The molecule has 0 aliphatic carbocycles.